The molecule has 0 saturated heterocycles. The fraction of sp³-hybridized carbons (Fsp3) is 0.381. The number of aryl methyl sites for hydroxylation is 1. The number of carbonyl (C=O) groups excluding carboxylic acids is 1. The van der Waals surface area contributed by atoms with Gasteiger partial charge in [0.15, 0.2) is 0 Å². The SMILES string of the molecule is COc1cc(C)c(C(=O)NCCSCc2c(Cl)cccc2Cl)cc1C(C)C. The fourth-order valence-electron chi connectivity index (χ4n) is 2.75. The molecule has 0 aliphatic heterocycles. The fourth-order valence-corrected chi connectivity index (χ4v) is 4.34. The first-order valence-corrected chi connectivity index (χ1v) is 10.7. The van der Waals surface area contributed by atoms with Crippen LogP contribution in [0.2, 0.25) is 10.0 Å². The third kappa shape index (κ3) is 5.81. The highest BCUT2D eigenvalue weighted by molar-refractivity contribution is 7.98. The number of hydrogen-bond acceptors (Lipinski definition) is 3. The second kappa shape index (κ2) is 10.3. The van der Waals surface area contributed by atoms with Gasteiger partial charge in [-0.25, -0.2) is 0 Å². The minimum atomic E-state index is -0.0616. The van der Waals surface area contributed by atoms with Crippen molar-refractivity contribution in [1.29, 1.82) is 0 Å². The summed E-state index contributed by atoms with van der Waals surface area (Å²) in [4.78, 5) is 12.6. The number of ether oxygens (including phenoxy) is 1. The smallest absolute Gasteiger partial charge is 0.251 e. The van der Waals surface area contributed by atoms with Gasteiger partial charge in [-0.15, -0.1) is 0 Å². The Morgan fingerprint density at radius 2 is 1.89 bits per heavy atom. The molecule has 6 heteroatoms. The van der Waals surface area contributed by atoms with E-state index in [4.69, 9.17) is 27.9 Å². The Balaban J connectivity index is 1.91. The van der Waals surface area contributed by atoms with E-state index in [1.165, 1.54) is 0 Å². The molecule has 146 valence electrons. The third-order valence-corrected chi connectivity index (χ3v) is 5.98. The van der Waals surface area contributed by atoms with Gasteiger partial charge in [-0.05, 0) is 53.8 Å². The quantitative estimate of drug-likeness (QED) is 0.519. The number of thioether (sulfide) groups is 1. The van der Waals surface area contributed by atoms with E-state index >= 15 is 0 Å². The predicted octanol–water partition coefficient (Wildman–Crippen LogP) is 6.10. The molecule has 0 bridgehead atoms. The zero-order valence-corrected chi connectivity index (χ0v) is 18.4. The lowest BCUT2D eigenvalue weighted by Gasteiger charge is -2.16. The standard InChI is InChI=1S/C21H25Cl2NO2S/c1-13(2)15-11-16(14(3)10-20(15)26-4)21(25)24-8-9-27-12-17-18(22)6-5-7-19(17)23/h5-7,10-11,13H,8-9,12H2,1-4H3,(H,24,25). The molecular weight excluding hydrogens is 401 g/mol. The molecule has 2 aromatic carbocycles. The Bertz CT molecular complexity index is 789. The number of halogens is 2. The van der Waals surface area contributed by atoms with Crippen LogP contribution in [0.5, 0.6) is 5.75 Å². The van der Waals surface area contributed by atoms with Crippen molar-refractivity contribution >= 4 is 40.9 Å². The van der Waals surface area contributed by atoms with Crippen LogP contribution in [0.3, 0.4) is 0 Å². The van der Waals surface area contributed by atoms with Crippen LogP contribution in [-0.2, 0) is 5.75 Å². The first-order chi connectivity index (χ1) is 12.8. The van der Waals surface area contributed by atoms with Crippen LogP contribution >= 0.6 is 35.0 Å². The average Bonchev–Trinajstić information content (AvgIpc) is 2.62. The molecule has 27 heavy (non-hydrogen) atoms. The van der Waals surface area contributed by atoms with Gasteiger partial charge in [-0.3, -0.25) is 4.79 Å². The molecule has 1 amide bonds. The molecule has 0 fully saturated rings. The van der Waals surface area contributed by atoms with E-state index in [0.29, 0.717) is 27.9 Å². The minimum Gasteiger partial charge on any atom is -0.496 e. The van der Waals surface area contributed by atoms with Gasteiger partial charge in [0.2, 0.25) is 0 Å². The number of amides is 1. The van der Waals surface area contributed by atoms with Crippen LogP contribution in [0.1, 0.15) is 46.8 Å². The van der Waals surface area contributed by atoms with Crippen molar-refractivity contribution in [2.45, 2.75) is 32.4 Å². The summed E-state index contributed by atoms with van der Waals surface area (Å²) in [5, 5.41) is 4.34. The summed E-state index contributed by atoms with van der Waals surface area (Å²) < 4.78 is 5.44. The summed E-state index contributed by atoms with van der Waals surface area (Å²) >= 11 is 14.0. The number of benzene rings is 2. The maximum Gasteiger partial charge on any atom is 0.251 e. The molecule has 0 heterocycles. The first-order valence-electron chi connectivity index (χ1n) is 8.82. The maximum absolute atomic E-state index is 12.6. The summed E-state index contributed by atoms with van der Waals surface area (Å²) in [6, 6.07) is 9.37. The molecule has 0 unspecified atom stereocenters. The highest BCUT2D eigenvalue weighted by Crippen LogP contribution is 2.30. The lowest BCUT2D eigenvalue weighted by atomic mass is 9.96. The highest BCUT2D eigenvalue weighted by Gasteiger charge is 2.15. The van der Waals surface area contributed by atoms with Gasteiger partial charge in [0.25, 0.3) is 5.91 Å². The topological polar surface area (TPSA) is 38.3 Å². The summed E-state index contributed by atoms with van der Waals surface area (Å²) in [5.41, 5.74) is 3.57. The largest absolute Gasteiger partial charge is 0.496 e. The average molecular weight is 426 g/mol. The summed E-state index contributed by atoms with van der Waals surface area (Å²) in [6.07, 6.45) is 0. The van der Waals surface area contributed by atoms with Gasteiger partial charge in [0.1, 0.15) is 5.75 Å². The molecule has 0 aromatic heterocycles. The number of hydrogen-bond donors (Lipinski definition) is 1. The van der Waals surface area contributed by atoms with Crippen molar-refractivity contribution in [3.63, 3.8) is 0 Å². The molecule has 0 aliphatic rings. The summed E-state index contributed by atoms with van der Waals surface area (Å²) in [5.74, 6) is 2.54. The molecule has 0 aliphatic carbocycles. The van der Waals surface area contributed by atoms with E-state index in [1.807, 2.05) is 37.3 Å². The Morgan fingerprint density at radius 1 is 1.22 bits per heavy atom. The van der Waals surface area contributed by atoms with Crippen LogP contribution < -0.4 is 10.1 Å². The van der Waals surface area contributed by atoms with E-state index in [2.05, 4.69) is 19.2 Å². The lowest BCUT2D eigenvalue weighted by Crippen LogP contribution is -2.26. The van der Waals surface area contributed by atoms with Crippen molar-refractivity contribution in [3.8, 4) is 5.75 Å². The van der Waals surface area contributed by atoms with Crippen LogP contribution in [0.4, 0.5) is 0 Å². The van der Waals surface area contributed by atoms with E-state index < -0.39 is 0 Å². The van der Waals surface area contributed by atoms with Gasteiger partial charge >= 0.3 is 0 Å². The number of methoxy groups -OCH3 is 1. The van der Waals surface area contributed by atoms with Crippen molar-refractivity contribution in [3.05, 3.63) is 62.6 Å². The normalized spacial score (nSPS) is 10.9. The molecule has 0 radical (unpaired) electrons. The van der Waals surface area contributed by atoms with E-state index in [-0.39, 0.29) is 11.8 Å². The second-order valence-corrected chi connectivity index (χ2v) is 8.49. The number of nitrogens with one attached hydrogen (secondary N) is 1. The van der Waals surface area contributed by atoms with E-state index in [1.54, 1.807) is 18.9 Å². The summed E-state index contributed by atoms with van der Waals surface area (Å²) in [6.45, 7) is 6.68. The molecule has 2 aromatic rings. The Labute approximate surface area is 175 Å². The van der Waals surface area contributed by atoms with E-state index in [9.17, 15) is 4.79 Å². The second-order valence-electron chi connectivity index (χ2n) is 6.57. The zero-order valence-electron chi connectivity index (χ0n) is 16.1. The monoisotopic (exact) mass is 425 g/mol. The van der Waals surface area contributed by atoms with Crippen LogP contribution in [-0.4, -0.2) is 25.3 Å². The van der Waals surface area contributed by atoms with Gasteiger partial charge in [-0.1, -0.05) is 43.1 Å². The van der Waals surface area contributed by atoms with E-state index in [0.717, 1.165) is 28.2 Å². The van der Waals surface area contributed by atoms with Crippen LogP contribution in [0, 0.1) is 6.92 Å². The molecule has 3 nitrogen and oxygen atoms in total. The van der Waals surface area contributed by atoms with Gasteiger partial charge in [0.05, 0.1) is 7.11 Å². The molecule has 1 N–H and O–H groups in total. The predicted molar refractivity (Wildman–Crippen MR) is 117 cm³/mol. The van der Waals surface area contributed by atoms with Crippen molar-refractivity contribution in [2.24, 2.45) is 0 Å². The van der Waals surface area contributed by atoms with Crippen LogP contribution in [0.15, 0.2) is 30.3 Å². The molecule has 0 atom stereocenters. The van der Waals surface area contributed by atoms with Crippen LogP contribution in [0.25, 0.3) is 0 Å². The molecule has 0 saturated carbocycles. The first kappa shape index (κ1) is 21.9. The Kier molecular flexibility index (Phi) is 8.33. The number of carbonyl (C=O) groups is 1. The van der Waals surface area contributed by atoms with Gasteiger partial charge in [0, 0.05) is 33.7 Å². The highest BCUT2D eigenvalue weighted by atomic mass is 35.5. The maximum atomic E-state index is 12.6. The zero-order chi connectivity index (χ0) is 20.0. The lowest BCUT2D eigenvalue weighted by molar-refractivity contribution is 0.0955. The molecule has 0 spiro atoms. The molecule has 2 rings (SSSR count). The minimum absolute atomic E-state index is 0.0616. The van der Waals surface area contributed by atoms with Crippen molar-refractivity contribution in [1.82, 2.24) is 5.32 Å². The van der Waals surface area contributed by atoms with Crippen molar-refractivity contribution in [2.75, 3.05) is 19.4 Å². The number of rotatable bonds is 8. The Morgan fingerprint density at radius 3 is 2.48 bits per heavy atom. The van der Waals surface area contributed by atoms with Crippen molar-refractivity contribution < 1.29 is 9.53 Å². The Hall–Kier alpha value is -1.36. The third-order valence-electron chi connectivity index (χ3n) is 4.28. The van der Waals surface area contributed by atoms with Gasteiger partial charge < -0.3 is 10.1 Å². The summed E-state index contributed by atoms with van der Waals surface area (Å²) in [7, 11) is 1.66. The molecular formula is C21H25Cl2NO2S. The van der Waals surface area contributed by atoms with Gasteiger partial charge in [-0.2, -0.15) is 11.8 Å².